The van der Waals surface area contributed by atoms with E-state index in [1.165, 1.54) is 0 Å². The summed E-state index contributed by atoms with van der Waals surface area (Å²) in [6.07, 6.45) is 2.43. The van der Waals surface area contributed by atoms with Gasteiger partial charge in [-0.05, 0) is 30.2 Å². The van der Waals surface area contributed by atoms with E-state index in [4.69, 9.17) is 16.3 Å². The molecule has 0 aliphatic carbocycles. The fourth-order valence-corrected chi connectivity index (χ4v) is 2.16. The molecule has 0 radical (unpaired) electrons. The molecule has 1 N–H and O–H groups in total. The lowest BCUT2D eigenvalue weighted by Gasteiger charge is -2.12. The van der Waals surface area contributed by atoms with E-state index in [9.17, 15) is 5.11 Å². The van der Waals surface area contributed by atoms with Gasteiger partial charge in [0.2, 0.25) is 0 Å². The molecule has 0 atom stereocenters. The molecule has 0 amide bonds. The number of aliphatic hydroxyl groups is 1. The molecular weight excluding hydrogens is 288 g/mol. The van der Waals surface area contributed by atoms with E-state index in [0.29, 0.717) is 23.0 Å². The first-order chi connectivity index (χ1) is 10.0. The third-order valence-electron chi connectivity index (χ3n) is 3.14. The minimum Gasteiger partial charge on any atom is -0.454 e. The van der Waals surface area contributed by atoms with Crippen LogP contribution in [0.5, 0.6) is 11.5 Å². The van der Waals surface area contributed by atoms with Crippen molar-refractivity contribution in [1.82, 2.24) is 9.97 Å². The summed E-state index contributed by atoms with van der Waals surface area (Å²) >= 11 is 6.09. The molecule has 0 spiro atoms. The normalized spacial score (nSPS) is 11.0. The Balaban J connectivity index is 2.30. The summed E-state index contributed by atoms with van der Waals surface area (Å²) in [6, 6.07) is 5.48. The molecule has 0 saturated heterocycles. The highest BCUT2D eigenvalue weighted by molar-refractivity contribution is 6.31. The summed E-state index contributed by atoms with van der Waals surface area (Å²) in [5.41, 5.74) is 1.50. The molecule has 21 heavy (non-hydrogen) atoms. The predicted molar refractivity (Wildman–Crippen MR) is 82.9 cm³/mol. The van der Waals surface area contributed by atoms with Gasteiger partial charge in [0.1, 0.15) is 17.3 Å². The maximum absolute atomic E-state index is 9.46. The molecule has 1 aromatic carbocycles. The average molecular weight is 307 g/mol. The number of aryl methyl sites for hydroxylation is 1. The molecule has 0 aliphatic rings. The van der Waals surface area contributed by atoms with Crippen LogP contribution in [0.15, 0.2) is 24.4 Å². The van der Waals surface area contributed by atoms with Crippen LogP contribution in [0.2, 0.25) is 5.02 Å². The van der Waals surface area contributed by atoms with Crippen molar-refractivity contribution >= 4 is 11.6 Å². The number of aliphatic hydroxyl groups excluding tert-OH is 1. The second-order valence-corrected chi connectivity index (χ2v) is 5.47. The lowest BCUT2D eigenvalue weighted by molar-refractivity contribution is 0.270. The number of nitrogens with zero attached hydrogens (tertiary/aromatic N) is 2. The highest BCUT2D eigenvalue weighted by Crippen LogP contribution is 2.28. The van der Waals surface area contributed by atoms with E-state index >= 15 is 0 Å². The predicted octanol–water partition coefficient (Wildman–Crippen LogP) is 4.10. The van der Waals surface area contributed by atoms with Crippen LogP contribution in [0, 0.1) is 0 Å². The minimum absolute atomic E-state index is 0.189. The number of ether oxygens (including phenoxy) is 1. The second-order valence-electron chi connectivity index (χ2n) is 5.06. The van der Waals surface area contributed by atoms with Gasteiger partial charge in [-0.3, -0.25) is 0 Å². The van der Waals surface area contributed by atoms with Crippen LogP contribution in [-0.2, 0) is 13.0 Å². The van der Waals surface area contributed by atoms with Gasteiger partial charge in [-0.15, -0.1) is 0 Å². The summed E-state index contributed by atoms with van der Waals surface area (Å²) in [5.74, 6) is 2.02. The molecule has 0 aliphatic heterocycles. The smallest absolute Gasteiger partial charge is 0.169 e. The Morgan fingerprint density at radius 3 is 2.71 bits per heavy atom. The van der Waals surface area contributed by atoms with Gasteiger partial charge in [0, 0.05) is 10.9 Å². The Labute approximate surface area is 129 Å². The first-order valence-corrected chi connectivity index (χ1v) is 7.35. The number of benzene rings is 1. The van der Waals surface area contributed by atoms with Gasteiger partial charge in [-0.2, -0.15) is 0 Å². The van der Waals surface area contributed by atoms with Crippen molar-refractivity contribution in [1.29, 1.82) is 0 Å². The van der Waals surface area contributed by atoms with Gasteiger partial charge in [-0.25, -0.2) is 9.97 Å². The zero-order valence-corrected chi connectivity index (χ0v) is 13.2. The summed E-state index contributed by atoms with van der Waals surface area (Å²) in [4.78, 5) is 8.60. The summed E-state index contributed by atoms with van der Waals surface area (Å²) in [5, 5.41) is 10.2. The highest BCUT2D eigenvalue weighted by atomic mass is 35.5. The van der Waals surface area contributed by atoms with E-state index in [0.717, 1.165) is 17.0 Å². The zero-order valence-electron chi connectivity index (χ0n) is 12.4. The lowest BCUT2D eigenvalue weighted by Crippen LogP contribution is -2.03. The zero-order chi connectivity index (χ0) is 15.4. The van der Waals surface area contributed by atoms with Crippen molar-refractivity contribution < 1.29 is 9.84 Å². The van der Waals surface area contributed by atoms with Gasteiger partial charge >= 0.3 is 0 Å². The van der Waals surface area contributed by atoms with E-state index in [-0.39, 0.29) is 12.5 Å². The number of aromatic nitrogens is 2. The Kier molecular flexibility index (Phi) is 5.15. The molecule has 2 rings (SSSR count). The van der Waals surface area contributed by atoms with Gasteiger partial charge in [-0.1, -0.05) is 32.4 Å². The Morgan fingerprint density at radius 2 is 2.10 bits per heavy atom. The average Bonchev–Trinajstić information content (AvgIpc) is 2.49. The topological polar surface area (TPSA) is 55.2 Å². The molecule has 112 valence electrons. The Hall–Kier alpha value is -1.65. The number of hydrogen-bond acceptors (Lipinski definition) is 4. The van der Waals surface area contributed by atoms with Crippen molar-refractivity contribution in [3.05, 3.63) is 46.5 Å². The van der Waals surface area contributed by atoms with E-state index in [1.807, 2.05) is 26.8 Å². The molecule has 1 heterocycles. The van der Waals surface area contributed by atoms with Crippen molar-refractivity contribution in [3.63, 3.8) is 0 Å². The molecule has 0 fully saturated rings. The number of rotatable bonds is 5. The van der Waals surface area contributed by atoms with Crippen LogP contribution in [0.4, 0.5) is 0 Å². The van der Waals surface area contributed by atoms with Crippen molar-refractivity contribution in [3.8, 4) is 11.5 Å². The van der Waals surface area contributed by atoms with Crippen molar-refractivity contribution in [2.45, 2.75) is 39.7 Å². The molecule has 4 nitrogen and oxygen atoms in total. The molecule has 2 aromatic rings. The van der Waals surface area contributed by atoms with Gasteiger partial charge in [0.05, 0.1) is 12.8 Å². The highest BCUT2D eigenvalue weighted by Gasteiger charge is 2.11. The molecule has 1 aromatic heterocycles. The molecule has 5 heteroatoms. The van der Waals surface area contributed by atoms with Gasteiger partial charge in [0.25, 0.3) is 0 Å². The molecule has 0 bridgehead atoms. The molecule has 0 unspecified atom stereocenters. The third-order valence-corrected chi connectivity index (χ3v) is 3.51. The monoisotopic (exact) mass is 306 g/mol. The van der Waals surface area contributed by atoms with Crippen LogP contribution in [-0.4, -0.2) is 15.1 Å². The second kappa shape index (κ2) is 6.87. The summed E-state index contributed by atoms with van der Waals surface area (Å²) in [6.45, 7) is 5.85. The fraction of sp³-hybridized carbons (Fsp3) is 0.375. The van der Waals surface area contributed by atoms with E-state index in [1.54, 1.807) is 18.3 Å². The lowest BCUT2D eigenvalue weighted by atomic mass is 10.1. The standard InChI is InChI=1S/C16H19ClN2O2/c1-4-11-7-12(5-6-13(11)17)21-15-8-18-16(10(2)3)19-14(15)9-20/h5-8,10,20H,4,9H2,1-3H3. The molecular formula is C16H19ClN2O2. The van der Waals surface area contributed by atoms with Crippen molar-refractivity contribution in [2.24, 2.45) is 0 Å². The van der Waals surface area contributed by atoms with Crippen LogP contribution in [0.25, 0.3) is 0 Å². The fourth-order valence-electron chi connectivity index (χ4n) is 1.91. The Morgan fingerprint density at radius 1 is 1.33 bits per heavy atom. The summed E-state index contributed by atoms with van der Waals surface area (Å²) < 4.78 is 5.79. The maximum atomic E-state index is 9.46. The first-order valence-electron chi connectivity index (χ1n) is 6.98. The SMILES string of the molecule is CCc1cc(Oc2cnc(C(C)C)nc2CO)ccc1Cl. The Bertz CT molecular complexity index is 630. The van der Waals surface area contributed by atoms with Crippen LogP contribution >= 0.6 is 11.6 Å². The summed E-state index contributed by atoms with van der Waals surface area (Å²) in [7, 11) is 0. The van der Waals surface area contributed by atoms with E-state index in [2.05, 4.69) is 9.97 Å². The molecule has 0 saturated carbocycles. The van der Waals surface area contributed by atoms with Gasteiger partial charge in [0.15, 0.2) is 5.75 Å². The van der Waals surface area contributed by atoms with Crippen LogP contribution in [0.3, 0.4) is 0 Å². The number of halogens is 1. The van der Waals surface area contributed by atoms with Crippen molar-refractivity contribution in [2.75, 3.05) is 0 Å². The van der Waals surface area contributed by atoms with E-state index < -0.39 is 0 Å². The largest absolute Gasteiger partial charge is 0.454 e. The van der Waals surface area contributed by atoms with Gasteiger partial charge < -0.3 is 9.84 Å². The number of hydrogen-bond donors (Lipinski definition) is 1. The van der Waals surface area contributed by atoms with Crippen LogP contribution < -0.4 is 4.74 Å². The third kappa shape index (κ3) is 3.71. The minimum atomic E-state index is -0.189. The maximum Gasteiger partial charge on any atom is 0.169 e. The quantitative estimate of drug-likeness (QED) is 0.903. The first kappa shape index (κ1) is 15.7. The van der Waals surface area contributed by atoms with Crippen LogP contribution in [0.1, 0.15) is 43.8 Å².